The maximum absolute atomic E-state index is 6.41. The fourth-order valence-electron chi connectivity index (χ4n) is 11.0. The summed E-state index contributed by atoms with van der Waals surface area (Å²) in [6, 6.07) is 71.2. The minimum atomic E-state index is -0.185. The Bertz CT molecular complexity index is 4150. The molecule has 0 amide bonds. The van der Waals surface area contributed by atoms with Gasteiger partial charge >= 0.3 is 0 Å². The lowest BCUT2D eigenvalue weighted by atomic mass is 9.82. The van der Waals surface area contributed by atoms with Crippen molar-refractivity contribution >= 4 is 65.6 Å². The van der Waals surface area contributed by atoms with Crippen LogP contribution in [0, 0.1) is 0 Å². The quantitative estimate of drug-likeness (QED) is 0.173. The molecule has 4 heterocycles. The van der Waals surface area contributed by atoms with E-state index < -0.39 is 0 Å². The van der Waals surface area contributed by atoms with Crippen molar-refractivity contribution in [2.45, 2.75) is 19.3 Å². The van der Waals surface area contributed by atoms with Crippen molar-refractivity contribution in [3.8, 4) is 56.7 Å². The van der Waals surface area contributed by atoms with Gasteiger partial charge < -0.3 is 8.98 Å². The summed E-state index contributed by atoms with van der Waals surface area (Å²) in [7, 11) is 0. The first-order chi connectivity index (χ1) is 32.5. The van der Waals surface area contributed by atoms with Crippen molar-refractivity contribution in [2.24, 2.45) is 0 Å². The third kappa shape index (κ3) is 5.21. The maximum atomic E-state index is 6.41. The van der Waals surface area contributed by atoms with E-state index in [0.717, 1.165) is 71.7 Å². The molecule has 13 aromatic rings. The number of fused-ring (bicyclic) bond motifs is 12. The van der Waals surface area contributed by atoms with Crippen molar-refractivity contribution in [1.82, 2.24) is 24.1 Å². The molecule has 0 atom stereocenters. The van der Waals surface area contributed by atoms with Gasteiger partial charge in [-0.15, -0.1) is 0 Å². The Morgan fingerprint density at radius 2 is 0.924 bits per heavy atom. The largest absolute Gasteiger partial charge is 0.456 e. The van der Waals surface area contributed by atoms with Gasteiger partial charge in [0.2, 0.25) is 5.95 Å². The second-order valence-electron chi connectivity index (χ2n) is 18.0. The Kier molecular flexibility index (Phi) is 7.64. The summed E-state index contributed by atoms with van der Waals surface area (Å²) >= 11 is 0. The van der Waals surface area contributed by atoms with Crippen LogP contribution in [0.2, 0.25) is 0 Å². The summed E-state index contributed by atoms with van der Waals surface area (Å²) in [5, 5.41) is 6.70. The lowest BCUT2D eigenvalue weighted by Gasteiger charge is -2.21. The van der Waals surface area contributed by atoms with Crippen LogP contribution in [0.15, 0.2) is 205 Å². The van der Waals surface area contributed by atoms with Gasteiger partial charge in [-0.1, -0.05) is 153 Å². The Morgan fingerprint density at radius 1 is 0.394 bits per heavy atom. The lowest BCUT2D eigenvalue weighted by molar-refractivity contribution is 0.660. The molecule has 0 saturated heterocycles. The summed E-state index contributed by atoms with van der Waals surface area (Å²) in [4.78, 5) is 16.3. The lowest BCUT2D eigenvalue weighted by Crippen LogP contribution is -2.14. The van der Waals surface area contributed by atoms with Gasteiger partial charge in [0.25, 0.3) is 0 Å². The molecular formula is C60H39N5O. The fourth-order valence-corrected chi connectivity index (χ4v) is 11.0. The Hall–Kier alpha value is -8.61. The van der Waals surface area contributed by atoms with Gasteiger partial charge in [-0.25, -0.2) is 4.98 Å². The van der Waals surface area contributed by atoms with E-state index in [4.69, 9.17) is 19.4 Å². The maximum Gasteiger partial charge on any atom is 0.238 e. The number of para-hydroxylation sites is 4. The number of aromatic nitrogens is 5. The summed E-state index contributed by atoms with van der Waals surface area (Å²) in [5.41, 5.74) is 16.1. The summed E-state index contributed by atoms with van der Waals surface area (Å²) in [5.74, 6) is 1.76. The first-order valence-corrected chi connectivity index (χ1v) is 22.5. The van der Waals surface area contributed by atoms with Crippen LogP contribution in [0.4, 0.5) is 0 Å². The molecule has 14 rings (SSSR count). The molecular weight excluding hydrogens is 807 g/mol. The minimum absolute atomic E-state index is 0.185. The molecule has 6 nitrogen and oxygen atoms in total. The van der Waals surface area contributed by atoms with E-state index in [-0.39, 0.29) is 5.41 Å². The van der Waals surface area contributed by atoms with Crippen LogP contribution >= 0.6 is 0 Å². The van der Waals surface area contributed by atoms with Crippen molar-refractivity contribution in [1.29, 1.82) is 0 Å². The molecule has 0 unspecified atom stereocenters. The third-order valence-electron chi connectivity index (χ3n) is 14.0. The highest BCUT2D eigenvalue weighted by Gasteiger charge is 2.37. The van der Waals surface area contributed by atoms with Gasteiger partial charge in [-0.05, 0) is 94.0 Å². The SMILES string of the molecule is CC1(C)c2ccccc2-c2c(-c3nc(-c4cccc5oc6ccccc6c45)nc(-n4c5ccccc5c5cc(-c6ccc7c(c6)c6ccccc6n7-c6ccccc6)ccc54)n3)cccc21. The van der Waals surface area contributed by atoms with Crippen molar-refractivity contribution in [3.05, 3.63) is 211 Å². The van der Waals surface area contributed by atoms with Crippen LogP contribution in [-0.2, 0) is 5.41 Å². The van der Waals surface area contributed by atoms with Crippen molar-refractivity contribution in [2.75, 3.05) is 0 Å². The Morgan fingerprint density at radius 3 is 1.68 bits per heavy atom. The van der Waals surface area contributed by atoms with E-state index in [9.17, 15) is 0 Å². The standard InChI is InChI=1S/C60H39N5O/c1-60(2)47-24-10-6-20-41(47)55-43(22-14-25-48(55)60)57-61-58(44-23-15-29-54-56(44)42-21-9-13-28-53(42)66-54)63-59(62-57)65-50-27-12-8-19-40(50)46-35-37(31-33-52(46)65)36-30-32-51-45(34-36)39-18-7-11-26-49(39)64(51)38-16-4-3-5-17-38/h3-35H,1-2H3. The molecule has 0 spiro atoms. The van der Waals surface area contributed by atoms with E-state index >= 15 is 0 Å². The Balaban J connectivity index is 1.00. The molecule has 0 aliphatic heterocycles. The predicted octanol–water partition coefficient (Wildman–Crippen LogP) is 15.3. The summed E-state index contributed by atoms with van der Waals surface area (Å²) < 4.78 is 11.0. The number of nitrogens with zero attached hydrogens (tertiary/aromatic N) is 5. The van der Waals surface area contributed by atoms with Crippen LogP contribution in [0.1, 0.15) is 25.0 Å². The van der Waals surface area contributed by atoms with Gasteiger partial charge in [0, 0.05) is 54.5 Å². The molecule has 6 heteroatoms. The monoisotopic (exact) mass is 845 g/mol. The number of benzene rings is 9. The molecule has 66 heavy (non-hydrogen) atoms. The molecule has 0 radical (unpaired) electrons. The van der Waals surface area contributed by atoms with Gasteiger partial charge in [0.05, 0.1) is 22.1 Å². The van der Waals surface area contributed by atoms with Crippen LogP contribution in [-0.4, -0.2) is 24.1 Å². The zero-order valence-corrected chi connectivity index (χ0v) is 36.2. The van der Waals surface area contributed by atoms with Crippen molar-refractivity contribution < 1.29 is 4.42 Å². The van der Waals surface area contributed by atoms with Crippen LogP contribution in [0.25, 0.3) is 122 Å². The first kappa shape index (κ1) is 36.8. The average molecular weight is 846 g/mol. The zero-order chi connectivity index (χ0) is 43.7. The molecule has 310 valence electrons. The molecule has 0 N–H and O–H groups in total. The van der Waals surface area contributed by atoms with Crippen LogP contribution in [0.3, 0.4) is 0 Å². The predicted molar refractivity (Wildman–Crippen MR) is 270 cm³/mol. The smallest absolute Gasteiger partial charge is 0.238 e. The fraction of sp³-hybridized carbons (Fsp3) is 0.0500. The van der Waals surface area contributed by atoms with E-state index in [2.05, 4.69) is 199 Å². The molecule has 0 fully saturated rings. The van der Waals surface area contributed by atoms with Crippen LogP contribution < -0.4 is 0 Å². The average Bonchev–Trinajstić information content (AvgIpc) is 4.09. The second-order valence-corrected chi connectivity index (χ2v) is 18.0. The molecule has 4 aromatic heterocycles. The molecule has 9 aromatic carbocycles. The van der Waals surface area contributed by atoms with Gasteiger partial charge in [0.1, 0.15) is 11.2 Å². The van der Waals surface area contributed by atoms with E-state index in [1.165, 1.54) is 44.1 Å². The number of hydrogen-bond donors (Lipinski definition) is 0. The van der Waals surface area contributed by atoms with E-state index in [1.807, 2.05) is 24.3 Å². The minimum Gasteiger partial charge on any atom is -0.456 e. The topological polar surface area (TPSA) is 61.7 Å². The van der Waals surface area contributed by atoms with E-state index in [1.54, 1.807) is 0 Å². The zero-order valence-electron chi connectivity index (χ0n) is 36.2. The normalized spacial score (nSPS) is 13.1. The molecule has 0 saturated carbocycles. The van der Waals surface area contributed by atoms with Crippen LogP contribution in [0.5, 0.6) is 0 Å². The Labute approximate surface area is 379 Å². The highest BCUT2D eigenvalue weighted by atomic mass is 16.3. The highest BCUT2D eigenvalue weighted by molar-refractivity contribution is 6.14. The molecule has 1 aliphatic carbocycles. The molecule has 1 aliphatic rings. The number of rotatable bonds is 5. The molecule has 0 bridgehead atoms. The number of hydrogen-bond acceptors (Lipinski definition) is 4. The summed E-state index contributed by atoms with van der Waals surface area (Å²) in [6.07, 6.45) is 0. The van der Waals surface area contributed by atoms with Gasteiger partial charge in [-0.3, -0.25) is 4.57 Å². The van der Waals surface area contributed by atoms with Crippen molar-refractivity contribution in [3.63, 3.8) is 0 Å². The third-order valence-corrected chi connectivity index (χ3v) is 14.0. The first-order valence-electron chi connectivity index (χ1n) is 22.5. The van der Waals surface area contributed by atoms with Gasteiger partial charge in [0.15, 0.2) is 11.6 Å². The highest BCUT2D eigenvalue weighted by Crippen LogP contribution is 2.52. The van der Waals surface area contributed by atoms with Gasteiger partial charge in [-0.2, -0.15) is 9.97 Å². The summed E-state index contributed by atoms with van der Waals surface area (Å²) in [6.45, 7) is 4.62. The van der Waals surface area contributed by atoms with E-state index in [0.29, 0.717) is 17.6 Å². The number of furan rings is 1. The second kappa shape index (κ2) is 13.7.